The summed E-state index contributed by atoms with van der Waals surface area (Å²) in [6, 6.07) is 4.19. The molecule has 0 saturated carbocycles. The second-order valence-electron chi connectivity index (χ2n) is 6.65. The molecule has 24 heavy (non-hydrogen) atoms. The average Bonchev–Trinajstić information content (AvgIpc) is 2.76. The van der Waals surface area contributed by atoms with E-state index in [0.717, 1.165) is 55.1 Å². The number of morpholine rings is 1. The average molecular weight is 399 g/mol. The summed E-state index contributed by atoms with van der Waals surface area (Å²) < 4.78 is 18.3. The van der Waals surface area contributed by atoms with Crippen molar-refractivity contribution in [1.82, 2.24) is 10.2 Å². The lowest BCUT2D eigenvalue weighted by Crippen LogP contribution is -2.47. The first-order valence-electron chi connectivity index (χ1n) is 8.78. The first-order valence-corrected chi connectivity index (χ1v) is 9.57. The molecule has 0 bridgehead atoms. The summed E-state index contributed by atoms with van der Waals surface area (Å²) in [5.74, 6) is 1.67. The van der Waals surface area contributed by atoms with Crippen LogP contribution in [0.5, 0.6) is 11.5 Å². The molecule has 0 aromatic heterocycles. The first kappa shape index (κ1) is 18.0. The van der Waals surface area contributed by atoms with Crippen molar-refractivity contribution < 1.29 is 14.2 Å². The third-order valence-corrected chi connectivity index (χ3v) is 4.88. The highest BCUT2D eigenvalue weighted by molar-refractivity contribution is 9.10. The standard InChI is InChI=1S/C18H27BrN2O3/c1-13-11-21(12-14(2)24-13)5-4-20-10-15-8-16(19)18-17(9-15)22-6-3-7-23-18/h8-9,13-14,20H,3-7,10-12H2,1-2H3/t13-,14+. The highest BCUT2D eigenvalue weighted by atomic mass is 79.9. The molecule has 1 saturated heterocycles. The van der Waals surface area contributed by atoms with Crippen LogP contribution in [0.2, 0.25) is 0 Å². The Labute approximate surface area is 152 Å². The van der Waals surface area contributed by atoms with Gasteiger partial charge in [-0.15, -0.1) is 0 Å². The summed E-state index contributed by atoms with van der Waals surface area (Å²) in [7, 11) is 0. The zero-order chi connectivity index (χ0) is 16.9. The quantitative estimate of drug-likeness (QED) is 0.772. The van der Waals surface area contributed by atoms with Gasteiger partial charge in [-0.25, -0.2) is 0 Å². The van der Waals surface area contributed by atoms with Gasteiger partial charge in [0.1, 0.15) is 0 Å². The maximum atomic E-state index is 5.79. The lowest BCUT2D eigenvalue weighted by molar-refractivity contribution is -0.0674. The number of nitrogens with one attached hydrogen (secondary N) is 1. The van der Waals surface area contributed by atoms with Gasteiger partial charge in [0, 0.05) is 39.1 Å². The highest BCUT2D eigenvalue weighted by Gasteiger charge is 2.21. The Morgan fingerprint density at radius 1 is 1.17 bits per heavy atom. The van der Waals surface area contributed by atoms with Crippen molar-refractivity contribution in [2.45, 2.75) is 39.0 Å². The molecule has 1 aromatic rings. The van der Waals surface area contributed by atoms with E-state index in [9.17, 15) is 0 Å². The van der Waals surface area contributed by atoms with E-state index in [1.54, 1.807) is 0 Å². The summed E-state index contributed by atoms with van der Waals surface area (Å²) in [6.07, 6.45) is 1.57. The van der Waals surface area contributed by atoms with E-state index in [-0.39, 0.29) is 0 Å². The molecule has 0 aliphatic carbocycles. The molecule has 0 amide bonds. The zero-order valence-corrected chi connectivity index (χ0v) is 16.1. The van der Waals surface area contributed by atoms with Crippen LogP contribution in [-0.4, -0.2) is 56.5 Å². The predicted molar refractivity (Wildman–Crippen MR) is 97.9 cm³/mol. The molecule has 134 valence electrons. The Morgan fingerprint density at radius 2 is 1.92 bits per heavy atom. The van der Waals surface area contributed by atoms with Crippen molar-refractivity contribution in [3.05, 3.63) is 22.2 Å². The van der Waals surface area contributed by atoms with E-state index >= 15 is 0 Å². The fraction of sp³-hybridized carbons (Fsp3) is 0.667. The number of hydrogen-bond acceptors (Lipinski definition) is 5. The Balaban J connectivity index is 1.48. The lowest BCUT2D eigenvalue weighted by Gasteiger charge is -2.35. The van der Waals surface area contributed by atoms with Crippen molar-refractivity contribution in [3.8, 4) is 11.5 Å². The predicted octanol–water partition coefficient (Wildman–Crippen LogP) is 2.81. The van der Waals surface area contributed by atoms with Gasteiger partial charge in [0.05, 0.1) is 29.9 Å². The van der Waals surface area contributed by atoms with Crippen LogP contribution in [0.1, 0.15) is 25.8 Å². The summed E-state index contributed by atoms with van der Waals surface area (Å²) in [6.45, 7) is 10.6. The second-order valence-corrected chi connectivity index (χ2v) is 7.50. The number of nitrogens with zero attached hydrogens (tertiary/aromatic N) is 1. The summed E-state index contributed by atoms with van der Waals surface area (Å²) in [5, 5.41) is 3.53. The third kappa shape index (κ3) is 4.85. The zero-order valence-electron chi connectivity index (χ0n) is 14.5. The number of halogens is 1. The molecule has 5 nitrogen and oxygen atoms in total. The number of benzene rings is 1. The van der Waals surface area contributed by atoms with Crippen LogP contribution in [0.3, 0.4) is 0 Å². The van der Waals surface area contributed by atoms with Crippen LogP contribution in [0, 0.1) is 0 Å². The number of rotatable bonds is 5. The minimum atomic E-state index is 0.325. The van der Waals surface area contributed by atoms with Gasteiger partial charge in [0.25, 0.3) is 0 Å². The first-order chi connectivity index (χ1) is 11.6. The van der Waals surface area contributed by atoms with Crippen LogP contribution >= 0.6 is 15.9 Å². The van der Waals surface area contributed by atoms with E-state index in [4.69, 9.17) is 14.2 Å². The molecule has 3 rings (SSSR count). The van der Waals surface area contributed by atoms with Crippen molar-refractivity contribution in [2.24, 2.45) is 0 Å². The van der Waals surface area contributed by atoms with E-state index < -0.39 is 0 Å². The third-order valence-electron chi connectivity index (χ3n) is 4.29. The van der Waals surface area contributed by atoms with Gasteiger partial charge in [-0.05, 0) is 47.5 Å². The van der Waals surface area contributed by atoms with Gasteiger partial charge in [-0.1, -0.05) is 0 Å². The van der Waals surface area contributed by atoms with Gasteiger partial charge in [-0.3, -0.25) is 4.90 Å². The lowest BCUT2D eigenvalue weighted by atomic mass is 10.2. The molecule has 2 aliphatic rings. The maximum absolute atomic E-state index is 5.79. The van der Waals surface area contributed by atoms with Crippen molar-refractivity contribution >= 4 is 15.9 Å². The van der Waals surface area contributed by atoms with Gasteiger partial charge < -0.3 is 19.5 Å². The fourth-order valence-corrected chi connectivity index (χ4v) is 3.93. The normalized spacial score (nSPS) is 24.6. The molecule has 1 N–H and O–H groups in total. The SMILES string of the molecule is C[C@@H]1CN(CCNCc2cc(Br)c3c(c2)OCCCO3)C[C@H](C)O1. The van der Waals surface area contributed by atoms with Crippen molar-refractivity contribution in [1.29, 1.82) is 0 Å². The van der Waals surface area contributed by atoms with Gasteiger partial charge in [-0.2, -0.15) is 0 Å². The minimum Gasteiger partial charge on any atom is -0.490 e. The van der Waals surface area contributed by atoms with Crippen LogP contribution in [-0.2, 0) is 11.3 Å². The molecule has 1 fully saturated rings. The molecule has 1 aromatic carbocycles. The Bertz CT molecular complexity index is 545. The Morgan fingerprint density at radius 3 is 2.71 bits per heavy atom. The van der Waals surface area contributed by atoms with E-state index in [2.05, 4.69) is 52.1 Å². The molecule has 2 atom stereocenters. The van der Waals surface area contributed by atoms with Gasteiger partial charge >= 0.3 is 0 Å². The van der Waals surface area contributed by atoms with Gasteiger partial charge in [0.2, 0.25) is 0 Å². The van der Waals surface area contributed by atoms with Crippen LogP contribution in [0.4, 0.5) is 0 Å². The van der Waals surface area contributed by atoms with Crippen LogP contribution in [0.15, 0.2) is 16.6 Å². The topological polar surface area (TPSA) is 43.0 Å². The molecule has 2 heterocycles. The van der Waals surface area contributed by atoms with E-state index in [1.807, 2.05) is 0 Å². The molecule has 2 aliphatic heterocycles. The smallest absolute Gasteiger partial charge is 0.175 e. The monoisotopic (exact) mass is 398 g/mol. The van der Waals surface area contributed by atoms with Crippen LogP contribution in [0.25, 0.3) is 0 Å². The molecular weight excluding hydrogens is 372 g/mol. The second kappa shape index (κ2) is 8.52. The molecule has 6 heteroatoms. The highest BCUT2D eigenvalue weighted by Crippen LogP contribution is 2.38. The summed E-state index contributed by atoms with van der Waals surface area (Å²) in [4.78, 5) is 2.47. The maximum Gasteiger partial charge on any atom is 0.175 e. The van der Waals surface area contributed by atoms with E-state index in [0.29, 0.717) is 25.4 Å². The molecule has 0 spiro atoms. The fourth-order valence-electron chi connectivity index (χ4n) is 3.32. The largest absolute Gasteiger partial charge is 0.490 e. The van der Waals surface area contributed by atoms with Crippen molar-refractivity contribution in [3.63, 3.8) is 0 Å². The molecular formula is C18H27BrN2O3. The molecule has 0 unspecified atom stereocenters. The van der Waals surface area contributed by atoms with Gasteiger partial charge in [0.15, 0.2) is 11.5 Å². The number of fused-ring (bicyclic) bond motifs is 1. The molecule has 0 radical (unpaired) electrons. The number of hydrogen-bond donors (Lipinski definition) is 1. The minimum absolute atomic E-state index is 0.325. The van der Waals surface area contributed by atoms with Crippen molar-refractivity contribution in [2.75, 3.05) is 39.4 Å². The summed E-state index contributed by atoms with van der Waals surface area (Å²) >= 11 is 3.60. The van der Waals surface area contributed by atoms with E-state index in [1.165, 1.54) is 5.56 Å². The number of ether oxygens (including phenoxy) is 3. The van der Waals surface area contributed by atoms with Crippen LogP contribution < -0.4 is 14.8 Å². The Kier molecular flexibility index (Phi) is 6.38. The Hall–Kier alpha value is -0.820. The summed E-state index contributed by atoms with van der Waals surface area (Å²) in [5.41, 5.74) is 1.20.